The molecule has 3 N–H and O–H groups in total. The summed E-state index contributed by atoms with van der Waals surface area (Å²) in [5, 5.41) is 6.16. The molecule has 0 saturated carbocycles. The molecule has 2 heterocycles. The number of pyridine rings is 1. The third-order valence-electron chi connectivity index (χ3n) is 2.59. The first kappa shape index (κ1) is 14.3. The Bertz CT molecular complexity index is 570. The number of anilines is 1. The third-order valence-corrected chi connectivity index (χ3v) is 2.89. The van der Waals surface area contributed by atoms with Gasteiger partial charge in [0, 0.05) is 18.9 Å². The molecule has 2 aromatic heterocycles. The molecule has 0 aliphatic heterocycles. The zero-order valence-electron chi connectivity index (χ0n) is 11.1. The summed E-state index contributed by atoms with van der Waals surface area (Å²) in [6, 6.07) is 3.41. The lowest BCUT2D eigenvalue weighted by Crippen LogP contribution is -2.25. The first-order valence-electron chi connectivity index (χ1n) is 6.37. The third kappa shape index (κ3) is 3.71. The Morgan fingerprint density at radius 2 is 2.30 bits per heavy atom. The number of carbonyl (C=O) groups is 1. The van der Waals surface area contributed by atoms with Crippen LogP contribution in [0.25, 0.3) is 0 Å². The van der Waals surface area contributed by atoms with Gasteiger partial charge in [-0.1, -0.05) is 18.5 Å². The number of nitrogens with zero attached hydrogens (tertiary/aromatic N) is 2. The fraction of sp³-hybridized carbons (Fsp3) is 0.308. The van der Waals surface area contributed by atoms with Crippen molar-refractivity contribution in [3.8, 4) is 0 Å². The monoisotopic (exact) mass is 293 g/mol. The summed E-state index contributed by atoms with van der Waals surface area (Å²) in [4.78, 5) is 23.2. The molecule has 0 aliphatic carbocycles. The van der Waals surface area contributed by atoms with E-state index in [2.05, 4.69) is 32.5 Å². The van der Waals surface area contributed by atoms with Gasteiger partial charge in [0.15, 0.2) is 0 Å². The van der Waals surface area contributed by atoms with E-state index in [0.717, 1.165) is 13.0 Å². The molecule has 2 rings (SSSR count). The SMILES string of the molecule is CCCNc1ccc(Cl)c(C(=O)NCc2ncc[nH]2)n1. The maximum Gasteiger partial charge on any atom is 0.271 e. The van der Waals surface area contributed by atoms with Gasteiger partial charge >= 0.3 is 0 Å². The molecule has 0 radical (unpaired) electrons. The number of carbonyl (C=O) groups excluding carboxylic acids is 1. The van der Waals surface area contributed by atoms with Gasteiger partial charge in [0.25, 0.3) is 5.91 Å². The number of rotatable bonds is 6. The predicted octanol–water partition coefficient (Wildman–Crippen LogP) is 2.21. The van der Waals surface area contributed by atoms with Crippen LogP contribution < -0.4 is 10.6 Å². The highest BCUT2D eigenvalue weighted by Gasteiger charge is 2.13. The topological polar surface area (TPSA) is 82.7 Å². The number of hydrogen-bond acceptors (Lipinski definition) is 4. The largest absolute Gasteiger partial charge is 0.370 e. The van der Waals surface area contributed by atoms with E-state index >= 15 is 0 Å². The number of amides is 1. The molecule has 0 saturated heterocycles. The second kappa shape index (κ2) is 6.91. The van der Waals surface area contributed by atoms with Crippen molar-refractivity contribution in [2.75, 3.05) is 11.9 Å². The van der Waals surface area contributed by atoms with Gasteiger partial charge < -0.3 is 15.6 Å². The van der Waals surface area contributed by atoms with Crippen LogP contribution in [-0.4, -0.2) is 27.4 Å². The average molecular weight is 294 g/mol. The minimum Gasteiger partial charge on any atom is -0.370 e. The molecular formula is C13H16ClN5O. The fourth-order valence-electron chi connectivity index (χ4n) is 1.60. The molecule has 7 heteroatoms. The second-order valence-electron chi connectivity index (χ2n) is 4.17. The summed E-state index contributed by atoms with van der Waals surface area (Å²) < 4.78 is 0. The number of hydrogen-bond donors (Lipinski definition) is 3. The highest BCUT2D eigenvalue weighted by molar-refractivity contribution is 6.33. The Balaban J connectivity index is 2.04. The van der Waals surface area contributed by atoms with Gasteiger partial charge in [-0.05, 0) is 18.6 Å². The number of halogens is 1. The lowest BCUT2D eigenvalue weighted by atomic mass is 10.3. The number of H-pyrrole nitrogens is 1. The molecular weight excluding hydrogens is 278 g/mol. The second-order valence-corrected chi connectivity index (χ2v) is 4.58. The van der Waals surface area contributed by atoms with Crippen LogP contribution in [0.3, 0.4) is 0 Å². The van der Waals surface area contributed by atoms with Crippen LogP contribution in [0.4, 0.5) is 5.82 Å². The van der Waals surface area contributed by atoms with Crippen LogP contribution in [0.5, 0.6) is 0 Å². The molecule has 106 valence electrons. The van der Waals surface area contributed by atoms with Crippen molar-refractivity contribution in [1.82, 2.24) is 20.3 Å². The van der Waals surface area contributed by atoms with Gasteiger partial charge in [0.2, 0.25) is 0 Å². The Morgan fingerprint density at radius 3 is 3.00 bits per heavy atom. The van der Waals surface area contributed by atoms with E-state index in [1.54, 1.807) is 24.5 Å². The van der Waals surface area contributed by atoms with Crippen LogP contribution in [0.2, 0.25) is 5.02 Å². The van der Waals surface area contributed by atoms with Crippen LogP contribution in [0.15, 0.2) is 24.5 Å². The fourth-order valence-corrected chi connectivity index (χ4v) is 1.79. The quantitative estimate of drug-likeness (QED) is 0.762. The van der Waals surface area contributed by atoms with Crippen molar-refractivity contribution < 1.29 is 4.79 Å². The molecule has 2 aromatic rings. The Morgan fingerprint density at radius 1 is 1.45 bits per heavy atom. The molecule has 0 aromatic carbocycles. The van der Waals surface area contributed by atoms with E-state index in [1.165, 1.54) is 0 Å². The zero-order valence-corrected chi connectivity index (χ0v) is 11.9. The average Bonchev–Trinajstić information content (AvgIpc) is 2.97. The summed E-state index contributed by atoms with van der Waals surface area (Å²) in [6.07, 6.45) is 4.30. The number of imidazole rings is 1. The van der Waals surface area contributed by atoms with Crippen molar-refractivity contribution >= 4 is 23.3 Å². The summed E-state index contributed by atoms with van der Waals surface area (Å²) in [6.45, 7) is 3.15. The lowest BCUT2D eigenvalue weighted by molar-refractivity contribution is 0.0945. The molecule has 0 aliphatic rings. The summed E-state index contributed by atoms with van der Waals surface area (Å²) in [7, 11) is 0. The van der Waals surface area contributed by atoms with Crippen molar-refractivity contribution in [2.24, 2.45) is 0 Å². The molecule has 6 nitrogen and oxygen atoms in total. The Hall–Kier alpha value is -2.08. The maximum absolute atomic E-state index is 12.1. The Labute approximate surface area is 122 Å². The summed E-state index contributed by atoms with van der Waals surface area (Å²) in [5.74, 6) is 0.987. The summed E-state index contributed by atoms with van der Waals surface area (Å²) in [5.41, 5.74) is 0.208. The zero-order chi connectivity index (χ0) is 14.4. The molecule has 0 atom stereocenters. The maximum atomic E-state index is 12.1. The highest BCUT2D eigenvalue weighted by atomic mass is 35.5. The summed E-state index contributed by atoms with van der Waals surface area (Å²) >= 11 is 6.01. The molecule has 0 spiro atoms. The van der Waals surface area contributed by atoms with Gasteiger partial charge in [0.05, 0.1) is 11.6 Å². The molecule has 0 bridgehead atoms. The van der Waals surface area contributed by atoms with Crippen molar-refractivity contribution in [2.45, 2.75) is 19.9 Å². The van der Waals surface area contributed by atoms with E-state index in [4.69, 9.17) is 11.6 Å². The smallest absolute Gasteiger partial charge is 0.271 e. The number of aromatic nitrogens is 3. The van der Waals surface area contributed by atoms with Crippen LogP contribution >= 0.6 is 11.6 Å². The lowest BCUT2D eigenvalue weighted by Gasteiger charge is -2.08. The van der Waals surface area contributed by atoms with Gasteiger partial charge in [-0.2, -0.15) is 0 Å². The molecule has 1 amide bonds. The minimum atomic E-state index is -0.327. The van der Waals surface area contributed by atoms with Crippen molar-refractivity contribution in [1.29, 1.82) is 0 Å². The van der Waals surface area contributed by atoms with Crippen molar-refractivity contribution in [3.05, 3.63) is 41.1 Å². The van der Waals surface area contributed by atoms with Gasteiger partial charge in [-0.25, -0.2) is 9.97 Å². The minimum absolute atomic E-state index is 0.208. The number of aromatic amines is 1. The van der Waals surface area contributed by atoms with E-state index in [-0.39, 0.29) is 11.6 Å². The normalized spacial score (nSPS) is 10.3. The van der Waals surface area contributed by atoms with E-state index in [0.29, 0.717) is 23.2 Å². The molecule has 0 unspecified atom stereocenters. The first-order chi connectivity index (χ1) is 9.70. The number of nitrogens with one attached hydrogen (secondary N) is 3. The van der Waals surface area contributed by atoms with E-state index < -0.39 is 0 Å². The van der Waals surface area contributed by atoms with Gasteiger partial charge in [0.1, 0.15) is 17.3 Å². The predicted molar refractivity (Wildman–Crippen MR) is 77.8 cm³/mol. The highest BCUT2D eigenvalue weighted by Crippen LogP contribution is 2.16. The first-order valence-corrected chi connectivity index (χ1v) is 6.75. The van der Waals surface area contributed by atoms with Crippen LogP contribution in [-0.2, 0) is 6.54 Å². The molecule has 20 heavy (non-hydrogen) atoms. The van der Waals surface area contributed by atoms with Gasteiger partial charge in [-0.15, -0.1) is 0 Å². The van der Waals surface area contributed by atoms with E-state index in [9.17, 15) is 4.79 Å². The van der Waals surface area contributed by atoms with Gasteiger partial charge in [-0.3, -0.25) is 4.79 Å². The van der Waals surface area contributed by atoms with Crippen LogP contribution in [0.1, 0.15) is 29.7 Å². The van der Waals surface area contributed by atoms with E-state index in [1.807, 2.05) is 0 Å². The molecule has 0 fully saturated rings. The van der Waals surface area contributed by atoms with Crippen LogP contribution in [0, 0.1) is 0 Å². The van der Waals surface area contributed by atoms with Crippen molar-refractivity contribution in [3.63, 3.8) is 0 Å². The Kier molecular flexibility index (Phi) is 4.95. The standard InChI is InChI=1S/C13H16ClN5O/c1-2-5-15-10-4-3-9(14)12(19-10)13(20)18-8-11-16-6-7-17-11/h3-4,6-7H,2,5,8H2,1H3,(H,15,19)(H,16,17)(H,18,20).